The summed E-state index contributed by atoms with van der Waals surface area (Å²) >= 11 is 3.36. The Balaban J connectivity index is 3.71. The molecular formula is C8H15BrO2. The monoisotopic (exact) mass is 222 g/mol. The molecule has 0 atom stereocenters. The van der Waals surface area contributed by atoms with E-state index in [1.54, 1.807) is 0 Å². The fraction of sp³-hybridized carbons (Fsp3) is 0.750. The summed E-state index contributed by atoms with van der Waals surface area (Å²) in [6.45, 7) is 2.14. The summed E-state index contributed by atoms with van der Waals surface area (Å²) in [4.78, 5) is 0. The first-order valence-corrected chi connectivity index (χ1v) is 4.60. The fourth-order valence-electron chi connectivity index (χ4n) is 0.767. The minimum absolute atomic E-state index is 0.0211. The van der Waals surface area contributed by atoms with Crippen molar-refractivity contribution in [2.75, 3.05) is 13.2 Å². The van der Waals surface area contributed by atoms with Gasteiger partial charge in [-0.3, -0.25) is 0 Å². The SMILES string of the molecule is CCC=C(Br)CC(CO)CO. The fourth-order valence-corrected chi connectivity index (χ4v) is 1.55. The molecule has 0 rings (SSSR count). The molecular weight excluding hydrogens is 208 g/mol. The van der Waals surface area contributed by atoms with Gasteiger partial charge in [-0.25, -0.2) is 0 Å². The quantitative estimate of drug-likeness (QED) is 0.744. The zero-order valence-electron chi connectivity index (χ0n) is 6.76. The van der Waals surface area contributed by atoms with Crippen LogP contribution >= 0.6 is 15.9 Å². The third-order valence-corrected chi connectivity index (χ3v) is 2.07. The number of rotatable bonds is 5. The van der Waals surface area contributed by atoms with Gasteiger partial charge in [-0.15, -0.1) is 0 Å². The van der Waals surface area contributed by atoms with Crippen LogP contribution in [-0.2, 0) is 0 Å². The van der Waals surface area contributed by atoms with Crippen molar-refractivity contribution in [3.63, 3.8) is 0 Å². The maximum Gasteiger partial charge on any atom is 0.0484 e. The van der Waals surface area contributed by atoms with Crippen LogP contribution < -0.4 is 0 Å². The molecule has 0 saturated heterocycles. The van der Waals surface area contributed by atoms with E-state index < -0.39 is 0 Å². The van der Waals surface area contributed by atoms with E-state index >= 15 is 0 Å². The van der Waals surface area contributed by atoms with Gasteiger partial charge in [-0.1, -0.05) is 28.9 Å². The van der Waals surface area contributed by atoms with Crippen molar-refractivity contribution in [1.82, 2.24) is 0 Å². The number of aliphatic hydroxyl groups is 2. The van der Waals surface area contributed by atoms with E-state index in [1.165, 1.54) is 0 Å². The van der Waals surface area contributed by atoms with Gasteiger partial charge in [0.25, 0.3) is 0 Å². The number of hydrogen-bond donors (Lipinski definition) is 2. The van der Waals surface area contributed by atoms with Gasteiger partial charge in [0.15, 0.2) is 0 Å². The molecule has 0 unspecified atom stereocenters. The molecule has 0 aromatic heterocycles. The Hall–Kier alpha value is 0.140. The predicted octanol–water partition coefficient (Wildman–Crippen LogP) is 1.67. The molecule has 2 nitrogen and oxygen atoms in total. The van der Waals surface area contributed by atoms with Crippen LogP contribution in [0.2, 0.25) is 0 Å². The molecule has 0 fully saturated rings. The number of hydrogen-bond acceptors (Lipinski definition) is 2. The van der Waals surface area contributed by atoms with Gasteiger partial charge >= 0.3 is 0 Å². The highest BCUT2D eigenvalue weighted by Gasteiger charge is 2.06. The Bertz CT molecular complexity index is 119. The molecule has 0 aromatic carbocycles. The molecule has 0 aromatic rings. The molecule has 0 bridgehead atoms. The van der Waals surface area contributed by atoms with Crippen molar-refractivity contribution in [2.45, 2.75) is 19.8 Å². The Kier molecular flexibility index (Phi) is 6.91. The van der Waals surface area contributed by atoms with Gasteiger partial charge in [0, 0.05) is 19.1 Å². The second-order valence-corrected chi connectivity index (χ2v) is 3.51. The van der Waals surface area contributed by atoms with E-state index in [-0.39, 0.29) is 19.1 Å². The lowest BCUT2D eigenvalue weighted by atomic mass is 10.1. The Morgan fingerprint density at radius 2 is 2.00 bits per heavy atom. The zero-order chi connectivity index (χ0) is 8.69. The van der Waals surface area contributed by atoms with Crippen LogP contribution in [0.1, 0.15) is 19.8 Å². The Morgan fingerprint density at radius 3 is 2.36 bits per heavy atom. The van der Waals surface area contributed by atoms with Gasteiger partial charge in [-0.2, -0.15) is 0 Å². The summed E-state index contributed by atoms with van der Waals surface area (Å²) in [5.74, 6) is -0.0211. The molecule has 0 saturated carbocycles. The maximum absolute atomic E-state index is 8.74. The third kappa shape index (κ3) is 5.41. The molecule has 0 amide bonds. The Morgan fingerprint density at radius 1 is 1.45 bits per heavy atom. The highest BCUT2D eigenvalue weighted by atomic mass is 79.9. The lowest BCUT2D eigenvalue weighted by molar-refractivity contribution is 0.151. The minimum Gasteiger partial charge on any atom is -0.396 e. The summed E-state index contributed by atoms with van der Waals surface area (Å²) in [6.07, 6.45) is 3.74. The summed E-state index contributed by atoms with van der Waals surface area (Å²) in [7, 11) is 0. The highest BCUT2D eigenvalue weighted by molar-refractivity contribution is 9.11. The van der Waals surface area contributed by atoms with E-state index in [0.717, 1.165) is 17.3 Å². The van der Waals surface area contributed by atoms with Crippen LogP contribution in [0, 0.1) is 5.92 Å². The highest BCUT2D eigenvalue weighted by Crippen LogP contribution is 2.17. The van der Waals surface area contributed by atoms with Crippen molar-refractivity contribution < 1.29 is 10.2 Å². The smallest absolute Gasteiger partial charge is 0.0484 e. The van der Waals surface area contributed by atoms with Crippen LogP contribution in [0.5, 0.6) is 0 Å². The Labute approximate surface area is 76.1 Å². The van der Waals surface area contributed by atoms with Crippen LogP contribution in [0.4, 0.5) is 0 Å². The number of allylic oxidation sites excluding steroid dienone is 2. The minimum atomic E-state index is -0.0211. The second kappa shape index (κ2) is 6.83. The van der Waals surface area contributed by atoms with Gasteiger partial charge in [0.1, 0.15) is 0 Å². The lowest BCUT2D eigenvalue weighted by Gasteiger charge is -2.08. The molecule has 11 heavy (non-hydrogen) atoms. The second-order valence-electron chi connectivity index (χ2n) is 2.49. The number of aliphatic hydroxyl groups excluding tert-OH is 2. The van der Waals surface area contributed by atoms with Gasteiger partial charge < -0.3 is 10.2 Å². The lowest BCUT2D eigenvalue weighted by Crippen LogP contribution is -2.10. The molecule has 0 spiro atoms. The van der Waals surface area contributed by atoms with Gasteiger partial charge in [0.2, 0.25) is 0 Å². The van der Waals surface area contributed by atoms with Crippen molar-refractivity contribution >= 4 is 15.9 Å². The number of halogens is 1. The van der Waals surface area contributed by atoms with Crippen LogP contribution in [-0.4, -0.2) is 23.4 Å². The summed E-state index contributed by atoms with van der Waals surface area (Å²) in [6, 6.07) is 0. The average molecular weight is 223 g/mol. The standard InChI is InChI=1S/C8H15BrO2/c1-2-3-8(9)4-7(5-10)6-11/h3,7,10-11H,2,4-6H2,1H3. The normalized spacial score (nSPS) is 12.6. The first kappa shape index (κ1) is 11.1. The van der Waals surface area contributed by atoms with Crippen molar-refractivity contribution in [3.8, 4) is 0 Å². The van der Waals surface area contributed by atoms with Crippen molar-refractivity contribution in [3.05, 3.63) is 10.6 Å². The van der Waals surface area contributed by atoms with E-state index in [9.17, 15) is 0 Å². The molecule has 0 aliphatic rings. The van der Waals surface area contributed by atoms with E-state index in [0.29, 0.717) is 0 Å². The van der Waals surface area contributed by atoms with Crippen LogP contribution in [0.15, 0.2) is 10.6 Å². The summed E-state index contributed by atoms with van der Waals surface area (Å²) in [5.41, 5.74) is 0. The van der Waals surface area contributed by atoms with E-state index in [1.807, 2.05) is 13.0 Å². The first-order chi connectivity index (χ1) is 5.24. The summed E-state index contributed by atoms with van der Waals surface area (Å²) in [5, 5.41) is 17.5. The molecule has 0 aliphatic carbocycles. The first-order valence-electron chi connectivity index (χ1n) is 3.80. The molecule has 0 aliphatic heterocycles. The third-order valence-electron chi connectivity index (χ3n) is 1.43. The maximum atomic E-state index is 8.74. The molecule has 2 N–H and O–H groups in total. The van der Waals surface area contributed by atoms with E-state index in [4.69, 9.17) is 10.2 Å². The largest absolute Gasteiger partial charge is 0.396 e. The molecule has 0 radical (unpaired) electrons. The van der Waals surface area contributed by atoms with E-state index in [2.05, 4.69) is 15.9 Å². The topological polar surface area (TPSA) is 40.5 Å². The van der Waals surface area contributed by atoms with Crippen molar-refractivity contribution in [1.29, 1.82) is 0 Å². The molecule has 3 heteroatoms. The summed E-state index contributed by atoms with van der Waals surface area (Å²) < 4.78 is 1.06. The molecule has 66 valence electrons. The predicted molar refractivity (Wildman–Crippen MR) is 49.6 cm³/mol. The zero-order valence-corrected chi connectivity index (χ0v) is 8.34. The molecule has 0 heterocycles. The average Bonchev–Trinajstić information content (AvgIpc) is 2.01. The van der Waals surface area contributed by atoms with Crippen LogP contribution in [0.25, 0.3) is 0 Å². The van der Waals surface area contributed by atoms with Gasteiger partial charge in [-0.05, 0) is 17.3 Å². The van der Waals surface area contributed by atoms with Gasteiger partial charge in [0.05, 0.1) is 0 Å². The van der Waals surface area contributed by atoms with Crippen molar-refractivity contribution in [2.24, 2.45) is 5.92 Å². The van der Waals surface area contributed by atoms with Crippen LogP contribution in [0.3, 0.4) is 0 Å².